The van der Waals surface area contributed by atoms with E-state index in [2.05, 4.69) is 10.6 Å². The van der Waals surface area contributed by atoms with Gasteiger partial charge in [0.15, 0.2) is 5.12 Å². The number of amides is 2. The lowest BCUT2D eigenvalue weighted by Crippen LogP contribution is -2.59. The second-order valence-corrected chi connectivity index (χ2v) is 10.6. The summed E-state index contributed by atoms with van der Waals surface area (Å²) in [5.41, 5.74) is -2.42. The summed E-state index contributed by atoms with van der Waals surface area (Å²) in [5.74, 6) is -3.72. The van der Waals surface area contributed by atoms with Crippen LogP contribution in [0.15, 0.2) is 17.0 Å². The van der Waals surface area contributed by atoms with Crippen molar-refractivity contribution in [3.05, 3.63) is 23.3 Å². The molecule has 0 saturated carbocycles. The van der Waals surface area contributed by atoms with Gasteiger partial charge in [-0.05, 0) is 19.1 Å². The molecule has 5 N–H and O–H groups in total. The molecule has 0 radical (unpaired) electrons. The highest BCUT2D eigenvalue weighted by Crippen LogP contribution is 2.38. The Labute approximate surface area is 202 Å². The normalized spacial score (nSPS) is 17.5. The molecule has 1 aromatic carbocycles. The van der Waals surface area contributed by atoms with Crippen LogP contribution in [-0.2, 0) is 30.6 Å². The van der Waals surface area contributed by atoms with Crippen LogP contribution >= 0.6 is 11.8 Å². The van der Waals surface area contributed by atoms with Gasteiger partial charge in [-0.2, -0.15) is 13.2 Å². The van der Waals surface area contributed by atoms with Gasteiger partial charge in [-0.25, -0.2) is 13.6 Å². The third-order valence-electron chi connectivity index (χ3n) is 5.09. The Hall–Kier alpha value is -2.85. The highest BCUT2D eigenvalue weighted by Gasteiger charge is 2.41. The van der Waals surface area contributed by atoms with Gasteiger partial charge in [-0.1, -0.05) is 18.7 Å². The molecule has 1 aliphatic heterocycles. The molecule has 0 aliphatic carbocycles. The average molecular weight is 541 g/mol. The summed E-state index contributed by atoms with van der Waals surface area (Å²) in [4.78, 5) is 47.8. The Balaban J connectivity index is 2.44. The molecule has 194 valence electrons. The molecular weight excluding hydrogens is 517 g/mol. The fraction of sp³-hybridized carbons (Fsp3) is 0.474. The van der Waals surface area contributed by atoms with Gasteiger partial charge in [0.1, 0.15) is 12.7 Å². The molecule has 11 nitrogen and oxygen atoms in total. The monoisotopic (exact) mass is 540 g/mol. The lowest BCUT2D eigenvalue weighted by molar-refractivity contribution is -0.147. The van der Waals surface area contributed by atoms with E-state index < -0.39 is 74.7 Å². The van der Waals surface area contributed by atoms with Crippen LogP contribution in [0.4, 0.5) is 18.9 Å². The van der Waals surface area contributed by atoms with E-state index in [-0.39, 0.29) is 16.6 Å². The van der Waals surface area contributed by atoms with Gasteiger partial charge in [-0.15, -0.1) is 0 Å². The van der Waals surface area contributed by atoms with Crippen LogP contribution in [0.2, 0.25) is 0 Å². The van der Waals surface area contributed by atoms with E-state index >= 15 is 0 Å². The standard InChI is InChI=1S/C19H23F3N4O7S2/c1-8(7-34-10(3)27)18(31)26(6-15(28)29)9(2)16-24-13-5-12(19(20,21)22)14(35(23,32)33)4-11(13)17(30)25-16/h4-5,8-9,16,24H,6-7H2,1-3H3,(H,25,30)(H,28,29)(H2,23,32,33). The number of rotatable bonds is 8. The molecule has 0 saturated heterocycles. The fourth-order valence-corrected chi connectivity index (χ4v) is 4.74. The van der Waals surface area contributed by atoms with Crippen LogP contribution in [0.25, 0.3) is 0 Å². The minimum atomic E-state index is -5.12. The van der Waals surface area contributed by atoms with Gasteiger partial charge in [0.05, 0.1) is 22.1 Å². The molecule has 1 heterocycles. The predicted octanol–water partition coefficient (Wildman–Crippen LogP) is 1.05. The third kappa shape index (κ3) is 6.85. The van der Waals surface area contributed by atoms with Crippen molar-refractivity contribution in [2.75, 3.05) is 17.6 Å². The number of nitrogens with zero attached hydrogens (tertiary/aromatic N) is 1. The minimum Gasteiger partial charge on any atom is -0.480 e. The first kappa shape index (κ1) is 28.4. The second-order valence-electron chi connectivity index (χ2n) is 7.84. The molecule has 2 amide bonds. The summed E-state index contributed by atoms with van der Waals surface area (Å²) in [6.45, 7) is 3.37. The number of carbonyl (C=O) groups excluding carboxylic acids is 3. The second kappa shape index (κ2) is 10.4. The van der Waals surface area contributed by atoms with Crippen molar-refractivity contribution in [3.63, 3.8) is 0 Å². The van der Waals surface area contributed by atoms with Crippen LogP contribution in [0.3, 0.4) is 0 Å². The maximum atomic E-state index is 13.5. The molecule has 0 bridgehead atoms. The van der Waals surface area contributed by atoms with Crippen molar-refractivity contribution in [2.24, 2.45) is 11.1 Å². The van der Waals surface area contributed by atoms with Gasteiger partial charge < -0.3 is 20.6 Å². The molecule has 16 heteroatoms. The van der Waals surface area contributed by atoms with E-state index in [1.165, 1.54) is 20.8 Å². The lowest BCUT2D eigenvalue weighted by atomic mass is 10.0. The zero-order chi connectivity index (χ0) is 26.9. The van der Waals surface area contributed by atoms with Crippen LogP contribution in [0.5, 0.6) is 0 Å². The van der Waals surface area contributed by atoms with E-state index in [0.717, 1.165) is 16.7 Å². The highest BCUT2D eigenvalue weighted by molar-refractivity contribution is 8.13. The Morgan fingerprint density at radius 3 is 2.31 bits per heavy atom. The fourth-order valence-electron chi connectivity index (χ4n) is 3.35. The number of aliphatic carboxylic acids is 1. The Bertz CT molecular complexity index is 1160. The number of halogens is 3. The number of nitrogens with two attached hydrogens (primary N) is 1. The van der Waals surface area contributed by atoms with Crippen molar-refractivity contribution in [1.29, 1.82) is 0 Å². The minimum absolute atomic E-state index is 0.0651. The van der Waals surface area contributed by atoms with Gasteiger partial charge in [-0.3, -0.25) is 19.2 Å². The molecule has 1 aromatic rings. The first-order valence-electron chi connectivity index (χ1n) is 9.94. The van der Waals surface area contributed by atoms with Gasteiger partial charge in [0, 0.05) is 24.3 Å². The summed E-state index contributed by atoms with van der Waals surface area (Å²) >= 11 is 0.864. The van der Waals surface area contributed by atoms with Gasteiger partial charge in [0.25, 0.3) is 5.91 Å². The number of benzene rings is 1. The molecule has 3 atom stereocenters. The zero-order valence-corrected chi connectivity index (χ0v) is 20.3. The number of hydrogen-bond donors (Lipinski definition) is 4. The highest BCUT2D eigenvalue weighted by atomic mass is 32.2. The Morgan fingerprint density at radius 2 is 1.83 bits per heavy atom. The third-order valence-corrected chi connectivity index (χ3v) is 7.12. The summed E-state index contributed by atoms with van der Waals surface area (Å²) in [5, 5.41) is 18.9. The van der Waals surface area contributed by atoms with Crippen molar-refractivity contribution in [3.8, 4) is 0 Å². The number of anilines is 1. The Morgan fingerprint density at radius 1 is 1.23 bits per heavy atom. The first-order valence-corrected chi connectivity index (χ1v) is 12.5. The summed E-state index contributed by atoms with van der Waals surface area (Å²) < 4.78 is 63.9. The molecule has 3 unspecified atom stereocenters. The number of alkyl halides is 3. The largest absolute Gasteiger partial charge is 0.480 e. The van der Waals surface area contributed by atoms with Crippen molar-refractivity contribution in [2.45, 2.75) is 44.1 Å². The van der Waals surface area contributed by atoms with E-state index in [4.69, 9.17) is 5.14 Å². The number of carbonyl (C=O) groups is 4. The van der Waals surface area contributed by atoms with E-state index in [9.17, 15) is 45.9 Å². The molecular formula is C19H23F3N4O7S2. The number of nitrogens with one attached hydrogen (secondary N) is 2. The van der Waals surface area contributed by atoms with Crippen LogP contribution in [-0.4, -0.2) is 65.8 Å². The maximum Gasteiger partial charge on any atom is 0.417 e. The molecule has 1 aliphatic rings. The van der Waals surface area contributed by atoms with Crippen molar-refractivity contribution >= 4 is 50.4 Å². The molecule has 0 spiro atoms. The van der Waals surface area contributed by atoms with Crippen LogP contribution < -0.4 is 15.8 Å². The number of thioether (sulfide) groups is 1. The van der Waals surface area contributed by atoms with E-state index in [1.807, 2.05) is 0 Å². The number of carboxylic acid groups (broad SMARTS) is 1. The van der Waals surface area contributed by atoms with Gasteiger partial charge >= 0.3 is 12.1 Å². The molecule has 2 rings (SSSR count). The smallest absolute Gasteiger partial charge is 0.417 e. The number of fused-ring (bicyclic) bond motifs is 1. The molecule has 35 heavy (non-hydrogen) atoms. The van der Waals surface area contributed by atoms with Crippen molar-refractivity contribution in [1.82, 2.24) is 10.2 Å². The summed E-state index contributed by atoms with van der Waals surface area (Å²) in [7, 11) is -4.83. The van der Waals surface area contributed by atoms with Crippen molar-refractivity contribution < 1.29 is 45.9 Å². The SMILES string of the molecule is CC(=O)SCC(C)C(=O)N(CC(=O)O)C(C)C1NC(=O)c2cc(S(N)(=O)=O)c(C(F)(F)F)cc2N1. The van der Waals surface area contributed by atoms with Crippen LogP contribution in [0, 0.1) is 5.92 Å². The zero-order valence-electron chi connectivity index (χ0n) is 18.7. The number of hydrogen-bond acceptors (Lipinski definition) is 8. The Kier molecular flexibility index (Phi) is 8.44. The number of sulfonamides is 1. The molecule has 0 aromatic heterocycles. The first-order chi connectivity index (χ1) is 15.9. The topological polar surface area (TPSA) is 176 Å². The lowest BCUT2D eigenvalue weighted by Gasteiger charge is -2.38. The summed E-state index contributed by atoms with van der Waals surface area (Å²) in [6, 6.07) is -0.159. The molecule has 0 fully saturated rings. The summed E-state index contributed by atoms with van der Waals surface area (Å²) in [6.07, 6.45) is -6.35. The van der Waals surface area contributed by atoms with E-state index in [0.29, 0.717) is 12.1 Å². The van der Waals surface area contributed by atoms with Crippen LogP contribution in [0.1, 0.15) is 36.7 Å². The number of primary sulfonamides is 1. The number of carboxylic acids is 1. The predicted molar refractivity (Wildman–Crippen MR) is 119 cm³/mol. The van der Waals surface area contributed by atoms with E-state index in [1.54, 1.807) is 0 Å². The van der Waals surface area contributed by atoms with Gasteiger partial charge in [0.2, 0.25) is 15.9 Å². The average Bonchev–Trinajstić information content (AvgIpc) is 2.72. The quantitative estimate of drug-likeness (QED) is 0.375. The maximum absolute atomic E-state index is 13.5.